The van der Waals surface area contributed by atoms with E-state index in [1.165, 1.54) is 37.0 Å². The molecule has 0 heterocycles. The van der Waals surface area contributed by atoms with E-state index in [1.54, 1.807) is 20.2 Å². The van der Waals surface area contributed by atoms with Crippen LogP contribution in [0.5, 0.6) is 5.75 Å². The predicted molar refractivity (Wildman–Crippen MR) is 163 cm³/mol. The number of likely N-dealkylation sites (N-methyl/N-ethyl adjacent to an activating group) is 1. The number of amides is 1. The van der Waals surface area contributed by atoms with Crippen molar-refractivity contribution in [2.45, 2.75) is 69.2 Å². The fourth-order valence-corrected chi connectivity index (χ4v) is 10.9. The Labute approximate surface area is 262 Å². The Balaban J connectivity index is 1.24. The zero-order valence-corrected chi connectivity index (χ0v) is 26.4. The first-order chi connectivity index (χ1) is 21.2. The number of hydrogen-bond donors (Lipinski definition) is 4. The van der Waals surface area contributed by atoms with Crippen molar-refractivity contribution in [3.05, 3.63) is 22.8 Å². The minimum absolute atomic E-state index is 0.0312. The number of hydrogen-bond acceptors (Lipinski definition) is 10. The number of fused-ring (bicyclic) bond motifs is 3. The number of phenols is 1. The highest BCUT2D eigenvalue weighted by atomic mass is 16.3. The number of nitrogens with zero attached hydrogens (tertiary/aromatic N) is 2. The van der Waals surface area contributed by atoms with Crippen LogP contribution >= 0.6 is 0 Å². The SMILES string of the molecule is CN(C)c1c(CNC2C3CC4CC(C3)CC2C4)cc(O)c2c1C[C@H]1C[C@H]3[C@H](N(C)C)C(=O)C(C(N)=O)C(=O)[C@@]3(O)C(=O)C1C2=O. The summed E-state index contributed by atoms with van der Waals surface area (Å²) in [6.45, 7) is 0.533. The van der Waals surface area contributed by atoms with Crippen LogP contribution < -0.4 is 16.0 Å². The van der Waals surface area contributed by atoms with Gasteiger partial charge in [-0.3, -0.25) is 28.9 Å². The van der Waals surface area contributed by atoms with Gasteiger partial charge in [0.05, 0.1) is 17.5 Å². The number of nitrogens with one attached hydrogen (secondary N) is 1. The van der Waals surface area contributed by atoms with E-state index in [2.05, 4.69) is 5.32 Å². The van der Waals surface area contributed by atoms with E-state index in [0.717, 1.165) is 23.1 Å². The van der Waals surface area contributed by atoms with Crippen LogP contribution in [0.1, 0.15) is 60.0 Å². The van der Waals surface area contributed by atoms with Crippen molar-refractivity contribution in [1.29, 1.82) is 0 Å². The second kappa shape index (κ2) is 10.4. The average molecular weight is 621 g/mol. The molecule has 242 valence electrons. The topological polar surface area (TPSA) is 170 Å². The smallest absolute Gasteiger partial charge is 0.235 e. The van der Waals surface area contributed by atoms with Crippen LogP contribution in [0.2, 0.25) is 0 Å². The maximum absolute atomic E-state index is 14.2. The van der Waals surface area contributed by atoms with Crippen molar-refractivity contribution in [2.24, 2.45) is 53.1 Å². The summed E-state index contributed by atoms with van der Waals surface area (Å²) < 4.78 is 0. The van der Waals surface area contributed by atoms with Crippen LogP contribution in [0.15, 0.2) is 6.07 Å². The van der Waals surface area contributed by atoms with Gasteiger partial charge in [0.25, 0.3) is 0 Å². The molecule has 1 aromatic carbocycles. The minimum atomic E-state index is -2.72. The molecule has 6 atom stereocenters. The lowest BCUT2D eigenvalue weighted by atomic mass is 9.52. The molecule has 7 aliphatic rings. The fraction of sp³-hybridized carbons (Fsp3) is 0.676. The fourth-order valence-electron chi connectivity index (χ4n) is 10.9. The molecule has 11 nitrogen and oxygen atoms in total. The molecule has 5 N–H and O–H groups in total. The largest absolute Gasteiger partial charge is 0.507 e. The van der Waals surface area contributed by atoms with Crippen molar-refractivity contribution in [1.82, 2.24) is 10.2 Å². The van der Waals surface area contributed by atoms with E-state index in [0.29, 0.717) is 30.0 Å². The molecule has 0 aromatic heterocycles. The van der Waals surface area contributed by atoms with Gasteiger partial charge in [0, 0.05) is 38.3 Å². The lowest BCUT2D eigenvalue weighted by Gasteiger charge is -2.54. The lowest BCUT2D eigenvalue weighted by Crippen LogP contribution is -2.74. The van der Waals surface area contributed by atoms with Gasteiger partial charge < -0.3 is 26.2 Å². The van der Waals surface area contributed by atoms with Crippen molar-refractivity contribution >= 4 is 34.7 Å². The van der Waals surface area contributed by atoms with E-state index in [-0.39, 0.29) is 24.2 Å². The molecule has 4 bridgehead atoms. The Morgan fingerprint density at radius 3 is 2.13 bits per heavy atom. The van der Waals surface area contributed by atoms with Crippen LogP contribution in [0, 0.1) is 47.3 Å². The van der Waals surface area contributed by atoms with Crippen molar-refractivity contribution in [3.8, 4) is 5.75 Å². The lowest BCUT2D eigenvalue weighted by molar-refractivity contribution is -0.181. The highest BCUT2D eigenvalue weighted by molar-refractivity contribution is 6.32. The molecule has 0 spiro atoms. The van der Waals surface area contributed by atoms with Gasteiger partial charge in [-0.05, 0) is 106 Å². The Bertz CT molecular complexity index is 1490. The van der Waals surface area contributed by atoms with Gasteiger partial charge in [0.15, 0.2) is 34.7 Å². The summed E-state index contributed by atoms with van der Waals surface area (Å²) in [6.07, 6.45) is 6.77. The quantitative estimate of drug-likeness (QED) is 0.334. The Morgan fingerprint density at radius 2 is 1.58 bits per heavy atom. The number of aliphatic hydroxyl groups is 1. The number of anilines is 1. The molecule has 1 aromatic rings. The standard InChI is InChI=1S/C34H44N4O7/c1-37(2)27-19(13-36-26-17-6-14-5-15(8-17)9-18(26)7-14)12-22(39)24-20(27)10-16-11-21-28(38(3)4)30(41)25(33(35)44)32(43)34(21,45)31(42)23(16)29(24)40/h12,14-18,21,23,25-26,28,36,39,45H,5-11,13H2,1-4H3,(H2,35,44)/t14?,15?,16-,17?,18?,21-,23?,25?,26?,28-,34-/m0/s1. The van der Waals surface area contributed by atoms with Gasteiger partial charge in [-0.15, -0.1) is 0 Å². The summed E-state index contributed by atoms with van der Waals surface area (Å²) in [5.74, 6) is -7.22. The highest BCUT2D eigenvalue weighted by Gasteiger charge is 2.69. The second-order valence-corrected chi connectivity index (χ2v) is 15.3. The van der Waals surface area contributed by atoms with E-state index in [1.807, 2.05) is 19.0 Å². The Kier molecular flexibility index (Phi) is 7.07. The monoisotopic (exact) mass is 620 g/mol. The molecule has 0 radical (unpaired) electrons. The van der Waals surface area contributed by atoms with Crippen molar-refractivity contribution in [2.75, 3.05) is 33.1 Å². The Morgan fingerprint density at radius 1 is 0.956 bits per heavy atom. The Hall–Kier alpha value is -3.15. The van der Waals surface area contributed by atoms with Gasteiger partial charge in [0.1, 0.15) is 5.75 Å². The number of ketones is 4. The summed E-state index contributed by atoms with van der Waals surface area (Å²) in [4.78, 5) is 70.8. The summed E-state index contributed by atoms with van der Waals surface area (Å²) in [5, 5.41) is 27.0. The minimum Gasteiger partial charge on any atom is -0.507 e. The molecule has 0 aliphatic heterocycles. The van der Waals surface area contributed by atoms with E-state index >= 15 is 0 Å². The first kappa shape index (κ1) is 30.5. The van der Waals surface area contributed by atoms with E-state index < -0.39 is 64.4 Å². The number of primary amides is 1. The second-order valence-electron chi connectivity index (χ2n) is 15.3. The van der Waals surface area contributed by atoms with Crippen LogP contribution in [-0.2, 0) is 32.1 Å². The van der Waals surface area contributed by atoms with Crippen molar-refractivity contribution in [3.63, 3.8) is 0 Å². The van der Waals surface area contributed by atoms with Crippen LogP contribution in [-0.4, -0.2) is 90.0 Å². The molecule has 8 rings (SSSR count). The average Bonchev–Trinajstić information content (AvgIpc) is 2.93. The number of nitrogens with two attached hydrogens (primary N) is 1. The number of phenolic OH excluding ortho intramolecular Hbond substituents is 1. The van der Waals surface area contributed by atoms with Crippen LogP contribution in [0.4, 0.5) is 5.69 Å². The van der Waals surface area contributed by atoms with Gasteiger partial charge in [-0.25, -0.2) is 0 Å². The van der Waals surface area contributed by atoms with Gasteiger partial charge in [0.2, 0.25) is 5.91 Å². The molecule has 1 amide bonds. The third kappa shape index (κ3) is 4.29. The number of carbonyl (C=O) groups is 5. The molecular formula is C34H44N4O7. The van der Waals surface area contributed by atoms with Gasteiger partial charge in [-0.1, -0.05) is 0 Å². The molecule has 6 fully saturated rings. The van der Waals surface area contributed by atoms with Crippen LogP contribution in [0.3, 0.4) is 0 Å². The number of Topliss-reactive ketones (excluding diaryl/α,β-unsaturated/α-hetero) is 4. The zero-order valence-electron chi connectivity index (χ0n) is 26.4. The molecule has 11 heteroatoms. The van der Waals surface area contributed by atoms with Gasteiger partial charge in [-0.2, -0.15) is 0 Å². The van der Waals surface area contributed by atoms with Gasteiger partial charge >= 0.3 is 0 Å². The summed E-state index contributed by atoms with van der Waals surface area (Å²) in [6, 6.07) is 0.916. The molecule has 6 saturated carbocycles. The summed E-state index contributed by atoms with van der Waals surface area (Å²) >= 11 is 0. The highest BCUT2D eigenvalue weighted by Crippen LogP contribution is 2.55. The molecular weight excluding hydrogens is 576 g/mol. The summed E-state index contributed by atoms with van der Waals surface area (Å²) in [7, 11) is 6.95. The van der Waals surface area contributed by atoms with E-state index in [9.17, 15) is 34.2 Å². The molecule has 45 heavy (non-hydrogen) atoms. The number of benzene rings is 1. The number of aromatic hydroxyl groups is 1. The molecule has 2 unspecified atom stereocenters. The summed E-state index contributed by atoms with van der Waals surface area (Å²) in [5.41, 5.74) is 5.04. The van der Waals surface area contributed by atoms with Crippen LogP contribution in [0.25, 0.3) is 0 Å². The first-order valence-electron chi connectivity index (χ1n) is 16.4. The maximum atomic E-state index is 14.2. The third-order valence-electron chi connectivity index (χ3n) is 12.3. The normalized spacial score (nSPS) is 40.0. The van der Waals surface area contributed by atoms with E-state index in [4.69, 9.17) is 5.73 Å². The number of carbonyl (C=O) groups excluding carboxylic acids is 5. The number of rotatable bonds is 6. The maximum Gasteiger partial charge on any atom is 0.235 e. The molecule has 7 aliphatic carbocycles. The first-order valence-corrected chi connectivity index (χ1v) is 16.4. The zero-order chi connectivity index (χ0) is 32.3. The van der Waals surface area contributed by atoms with Crippen molar-refractivity contribution < 1.29 is 34.2 Å². The third-order valence-corrected chi connectivity index (χ3v) is 12.3. The molecule has 0 saturated heterocycles. The predicted octanol–water partition coefficient (Wildman–Crippen LogP) is 0.847.